The summed E-state index contributed by atoms with van der Waals surface area (Å²) in [5.41, 5.74) is 5.52. The van der Waals surface area contributed by atoms with Gasteiger partial charge in [0.15, 0.2) is 5.82 Å². The summed E-state index contributed by atoms with van der Waals surface area (Å²) in [6, 6.07) is 7.08. The zero-order valence-corrected chi connectivity index (χ0v) is 11.5. The first kappa shape index (κ1) is 14.8. The van der Waals surface area contributed by atoms with Gasteiger partial charge in [-0.05, 0) is 36.8 Å². The molecule has 0 saturated carbocycles. The van der Waals surface area contributed by atoms with Gasteiger partial charge in [-0.1, -0.05) is 6.07 Å². The fourth-order valence-corrected chi connectivity index (χ4v) is 1.88. The van der Waals surface area contributed by atoms with Gasteiger partial charge in [-0.15, -0.1) is 0 Å². The monoisotopic (exact) mass is 292 g/mol. The number of aryl methyl sites for hydroxylation is 1. The summed E-state index contributed by atoms with van der Waals surface area (Å²) in [5, 5.41) is 2.43. The second kappa shape index (κ2) is 5.78. The van der Waals surface area contributed by atoms with Crippen LogP contribution < -0.4 is 15.8 Å². The van der Waals surface area contributed by atoms with Crippen LogP contribution in [0.1, 0.15) is 15.9 Å². The normalized spacial score (nSPS) is 10.3. The highest BCUT2D eigenvalue weighted by Gasteiger charge is 2.20. The van der Waals surface area contributed by atoms with Crippen LogP contribution in [0.3, 0.4) is 0 Å². The first-order valence-electron chi connectivity index (χ1n) is 6.13. The number of carbonyl (C=O) groups excluding carboxylic acids is 1. The molecule has 2 aromatic rings. The second-order valence-corrected chi connectivity index (χ2v) is 4.48. The molecule has 0 bridgehead atoms. The Bertz CT molecular complexity index is 702. The predicted molar refractivity (Wildman–Crippen MR) is 76.5 cm³/mol. The summed E-state index contributed by atoms with van der Waals surface area (Å²) in [5.74, 6) is -2.61. The molecule has 2 rings (SSSR count). The lowest BCUT2D eigenvalue weighted by atomic mass is 10.1. The lowest BCUT2D eigenvalue weighted by Gasteiger charge is -2.12. The Kier molecular flexibility index (Phi) is 4.07. The van der Waals surface area contributed by atoms with Gasteiger partial charge in [0, 0.05) is 0 Å². The molecule has 2 aromatic carbocycles. The zero-order valence-electron chi connectivity index (χ0n) is 11.5. The number of anilines is 2. The number of amides is 1. The number of ether oxygens (including phenoxy) is 1. The highest BCUT2D eigenvalue weighted by atomic mass is 19.1. The molecule has 1 amide bonds. The zero-order chi connectivity index (χ0) is 15.6. The Morgan fingerprint density at radius 1 is 1.24 bits per heavy atom. The van der Waals surface area contributed by atoms with Crippen molar-refractivity contribution in [3.8, 4) is 5.75 Å². The average Bonchev–Trinajstić information content (AvgIpc) is 2.43. The third-order valence-corrected chi connectivity index (χ3v) is 2.95. The summed E-state index contributed by atoms with van der Waals surface area (Å²) >= 11 is 0. The maximum atomic E-state index is 13.8. The molecule has 0 radical (unpaired) electrons. The van der Waals surface area contributed by atoms with E-state index in [1.807, 2.05) is 6.92 Å². The SMILES string of the molecule is COc1ccc(C)cc1NC(=O)c1c(F)ccc(N)c1F. The lowest BCUT2D eigenvalue weighted by molar-refractivity contribution is 0.101. The van der Waals surface area contributed by atoms with Crippen molar-refractivity contribution in [2.45, 2.75) is 6.92 Å². The van der Waals surface area contributed by atoms with Crippen LogP contribution >= 0.6 is 0 Å². The van der Waals surface area contributed by atoms with Crippen molar-refractivity contribution in [3.63, 3.8) is 0 Å². The first-order valence-corrected chi connectivity index (χ1v) is 6.13. The molecule has 0 heterocycles. The van der Waals surface area contributed by atoms with E-state index in [0.29, 0.717) is 11.4 Å². The van der Waals surface area contributed by atoms with Gasteiger partial charge in [-0.25, -0.2) is 8.78 Å². The Hall–Kier alpha value is -2.63. The molecule has 0 spiro atoms. The molecule has 0 saturated heterocycles. The van der Waals surface area contributed by atoms with Crippen molar-refractivity contribution in [3.05, 3.63) is 53.1 Å². The highest BCUT2D eigenvalue weighted by Crippen LogP contribution is 2.27. The van der Waals surface area contributed by atoms with E-state index in [1.165, 1.54) is 7.11 Å². The number of hydrogen-bond acceptors (Lipinski definition) is 3. The minimum absolute atomic E-state index is 0.294. The van der Waals surface area contributed by atoms with Crippen molar-refractivity contribution in [1.29, 1.82) is 0 Å². The van der Waals surface area contributed by atoms with E-state index < -0.39 is 23.1 Å². The molecule has 4 nitrogen and oxygen atoms in total. The van der Waals surface area contributed by atoms with Crippen molar-refractivity contribution in [2.75, 3.05) is 18.2 Å². The number of nitrogens with one attached hydrogen (secondary N) is 1. The molecule has 110 valence electrons. The van der Waals surface area contributed by atoms with Crippen molar-refractivity contribution in [2.24, 2.45) is 0 Å². The van der Waals surface area contributed by atoms with Gasteiger partial charge in [0.1, 0.15) is 17.1 Å². The molecule has 3 N–H and O–H groups in total. The number of nitrogens with two attached hydrogens (primary N) is 1. The van der Waals surface area contributed by atoms with E-state index in [2.05, 4.69) is 5.32 Å². The van der Waals surface area contributed by atoms with Gasteiger partial charge in [0.05, 0.1) is 18.5 Å². The molecular weight excluding hydrogens is 278 g/mol. The Balaban J connectivity index is 2.39. The van der Waals surface area contributed by atoms with E-state index >= 15 is 0 Å². The summed E-state index contributed by atoms with van der Waals surface area (Å²) < 4.78 is 32.6. The topological polar surface area (TPSA) is 64.3 Å². The Morgan fingerprint density at radius 2 is 1.95 bits per heavy atom. The maximum absolute atomic E-state index is 13.8. The van der Waals surface area contributed by atoms with Crippen LogP contribution in [0.4, 0.5) is 20.2 Å². The lowest BCUT2D eigenvalue weighted by Crippen LogP contribution is -2.17. The highest BCUT2D eigenvalue weighted by molar-refractivity contribution is 6.06. The number of methoxy groups -OCH3 is 1. The number of rotatable bonds is 3. The predicted octanol–water partition coefficient (Wildman–Crippen LogP) is 3.12. The van der Waals surface area contributed by atoms with Crippen LogP contribution in [0, 0.1) is 18.6 Å². The molecule has 6 heteroatoms. The Labute approximate surface area is 120 Å². The second-order valence-electron chi connectivity index (χ2n) is 4.48. The van der Waals surface area contributed by atoms with Gasteiger partial charge < -0.3 is 15.8 Å². The number of halogens is 2. The molecule has 0 fully saturated rings. The molecule has 0 aliphatic carbocycles. The maximum Gasteiger partial charge on any atom is 0.261 e. The molecule has 0 aromatic heterocycles. The average molecular weight is 292 g/mol. The van der Waals surface area contributed by atoms with Crippen LogP contribution in [0.2, 0.25) is 0 Å². The summed E-state index contributed by atoms with van der Waals surface area (Å²) in [6.45, 7) is 1.82. The van der Waals surface area contributed by atoms with Gasteiger partial charge >= 0.3 is 0 Å². The quantitative estimate of drug-likeness (QED) is 0.854. The van der Waals surface area contributed by atoms with Gasteiger partial charge in [0.2, 0.25) is 0 Å². The minimum Gasteiger partial charge on any atom is -0.495 e. The van der Waals surface area contributed by atoms with Crippen LogP contribution in [0.25, 0.3) is 0 Å². The van der Waals surface area contributed by atoms with Gasteiger partial charge in [0.25, 0.3) is 5.91 Å². The number of benzene rings is 2. The molecular formula is C15H14F2N2O2. The van der Waals surface area contributed by atoms with Crippen LogP contribution in [0.15, 0.2) is 30.3 Å². The van der Waals surface area contributed by atoms with E-state index in [1.54, 1.807) is 18.2 Å². The standard InChI is InChI=1S/C15H14F2N2O2/c1-8-3-6-12(21-2)11(7-8)19-15(20)13-9(16)4-5-10(18)14(13)17/h3-7H,18H2,1-2H3,(H,19,20). The minimum atomic E-state index is -1.08. The smallest absolute Gasteiger partial charge is 0.261 e. The van der Waals surface area contributed by atoms with Gasteiger partial charge in [-0.2, -0.15) is 0 Å². The molecule has 0 aliphatic rings. The largest absolute Gasteiger partial charge is 0.495 e. The number of carbonyl (C=O) groups is 1. The summed E-state index contributed by atoms with van der Waals surface area (Å²) in [4.78, 5) is 12.1. The summed E-state index contributed by atoms with van der Waals surface area (Å²) in [7, 11) is 1.43. The van der Waals surface area contributed by atoms with E-state index in [0.717, 1.165) is 17.7 Å². The third-order valence-electron chi connectivity index (χ3n) is 2.95. The summed E-state index contributed by atoms with van der Waals surface area (Å²) in [6.07, 6.45) is 0. The van der Waals surface area contributed by atoms with E-state index in [4.69, 9.17) is 10.5 Å². The van der Waals surface area contributed by atoms with E-state index in [9.17, 15) is 13.6 Å². The molecule has 21 heavy (non-hydrogen) atoms. The third kappa shape index (κ3) is 2.94. The van der Waals surface area contributed by atoms with Crippen LogP contribution in [0.5, 0.6) is 5.75 Å². The van der Waals surface area contributed by atoms with E-state index in [-0.39, 0.29) is 5.69 Å². The first-order chi connectivity index (χ1) is 9.93. The molecule has 0 unspecified atom stereocenters. The number of hydrogen-bond donors (Lipinski definition) is 2. The van der Waals surface area contributed by atoms with Crippen LogP contribution in [-0.4, -0.2) is 13.0 Å². The molecule has 0 aliphatic heterocycles. The van der Waals surface area contributed by atoms with Crippen LogP contribution in [-0.2, 0) is 0 Å². The number of nitrogen functional groups attached to an aromatic ring is 1. The Morgan fingerprint density at radius 3 is 2.62 bits per heavy atom. The fourth-order valence-electron chi connectivity index (χ4n) is 1.88. The molecule has 0 atom stereocenters. The van der Waals surface area contributed by atoms with Crippen molar-refractivity contribution >= 4 is 17.3 Å². The van der Waals surface area contributed by atoms with Gasteiger partial charge in [-0.3, -0.25) is 4.79 Å². The van der Waals surface area contributed by atoms with Crippen molar-refractivity contribution < 1.29 is 18.3 Å². The fraction of sp³-hybridized carbons (Fsp3) is 0.133. The van der Waals surface area contributed by atoms with Crippen molar-refractivity contribution in [1.82, 2.24) is 0 Å².